The van der Waals surface area contributed by atoms with Crippen molar-refractivity contribution in [2.45, 2.75) is 6.10 Å². The maximum absolute atomic E-state index is 13.1. The Kier molecular flexibility index (Phi) is 5.91. The van der Waals surface area contributed by atoms with Crippen LogP contribution in [0.15, 0.2) is 72.8 Å². The number of nitrogen functional groups attached to an aromatic ring is 1. The first-order chi connectivity index (χ1) is 13.4. The third-order valence-electron chi connectivity index (χ3n) is 3.91. The summed E-state index contributed by atoms with van der Waals surface area (Å²) in [5.74, 6) is -1.78. The molecule has 0 heterocycles. The molecule has 28 heavy (non-hydrogen) atoms. The second-order valence-corrected chi connectivity index (χ2v) is 6.36. The van der Waals surface area contributed by atoms with Gasteiger partial charge in [0, 0.05) is 22.0 Å². The quantitative estimate of drug-likeness (QED) is 0.486. The second kappa shape index (κ2) is 8.54. The highest BCUT2D eigenvalue weighted by Crippen LogP contribution is 2.25. The fourth-order valence-electron chi connectivity index (χ4n) is 2.53. The second-order valence-electron chi connectivity index (χ2n) is 5.92. The average molecular weight is 399 g/mol. The number of ether oxygens (including phenoxy) is 1. The number of esters is 1. The minimum absolute atomic E-state index is 0.0971. The molecule has 3 N–H and O–H groups in total. The van der Waals surface area contributed by atoms with Gasteiger partial charge in [-0.1, -0.05) is 41.9 Å². The van der Waals surface area contributed by atoms with Crippen molar-refractivity contribution >= 4 is 34.9 Å². The molecule has 0 aliphatic rings. The Bertz CT molecular complexity index is 994. The van der Waals surface area contributed by atoms with Crippen molar-refractivity contribution in [2.24, 2.45) is 0 Å². The first kappa shape index (κ1) is 19.4. The number of benzene rings is 3. The molecule has 3 aromatic carbocycles. The Morgan fingerprint density at radius 2 is 1.68 bits per heavy atom. The molecule has 0 aliphatic heterocycles. The van der Waals surface area contributed by atoms with Crippen molar-refractivity contribution in [3.8, 4) is 0 Å². The minimum atomic E-state index is -1.23. The topological polar surface area (TPSA) is 81.4 Å². The summed E-state index contributed by atoms with van der Waals surface area (Å²) in [7, 11) is 0. The lowest BCUT2D eigenvalue weighted by Gasteiger charge is -2.18. The van der Waals surface area contributed by atoms with Crippen LogP contribution in [0.1, 0.15) is 22.0 Å². The average Bonchev–Trinajstić information content (AvgIpc) is 2.68. The largest absolute Gasteiger partial charge is 0.444 e. The zero-order valence-electron chi connectivity index (χ0n) is 14.6. The zero-order valence-corrected chi connectivity index (χ0v) is 15.3. The molecule has 0 saturated carbocycles. The lowest BCUT2D eigenvalue weighted by Crippen LogP contribution is -2.26. The summed E-state index contributed by atoms with van der Waals surface area (Å²) >= 11 is 5.85. The van der Waals surface area contributed by atoms with E-state index in [9.17, 15) is 14.0 Å². The lowest BCUT2D eigenvalue weighted by atomic mass is 10.1. The summed E-state index contributed by atoms with van der Waals surface area (Å²) in [6.45, 7) is 0. The van der Waals surface area contributed by atoms with Crippen LogP contribution < -0.4 is 11.1 Å². The van der Waals surface area contributed by atoms with Crippen molar-refractivity contribution in [3.63, 3.8) is 0 Å². The number of carbonyl (C=O) groups is 2. The van der Waals surface area contributed by atoms with Gasteiger partial charge in [-0.2, -0.15) is 0 Å². The van der Waals surface area contributed by atoms with Gasteiger partial charge in [0.15, 0.2) is 0 Å². The van der Waals surface area contributed by atoms with Gasteiger partial charge in [-0.3, -0.25) is 4.79 Å². The monoisotopic (exact) mass is 398 g/mol. The number of amides is 1. The predicted octanol–water partition coefficient (Wildman–Crippen LogP) is 4.60. The van der Waals surface area contributed by atoms with Gasteiger partial charge in [0.1, 0.15) is 5.82 Å². The van der Waals surface area contributed by atoms with E-state index in [2.05, 4.69) is 5.32 Å². The van der Waals surface area contributed by atoms with Crippen molar-refractivity contribution in [2.75, 3.05) is 11.1 Å². The Morgan fingerprint density at radius 1 is 1.00 bits per heavy atom. The molecule has 0 spiro atoms. The van der Waals surface area contributed by atoms with Crippen LogP contribution in [0.25, 0.3) is 0 Å². The van der Waals surface area contributed by atoms with Crippen LogP contribution in [0, 0.1) is 5.82 Å². The van der Waals surface area contributed by atoms with Gasteiger partial charge >= 0.3 is 5.97 Å². The summed E-state index contributed by atoms with van der Waals surface area (Å²) in [5.41, 5.74) is 6.91. The fourth-order valence-corrected chi connectivity index (χ4v) is 2.71. The molecule has 1 amide bonds. The number of carbonyl (C=O) groups excluding carboxylic acids is 2. The molecular formula is C21H16ClFN2O3. The number of nitrogens with two attached hydrogens (primary N) is 1. The highest BCUT2D eigenvalue weighted by Gasteiger charge is 2.26. The van der Waals surface area contributed by atoms with Gasteiger partial charge < -0.3 is 15.8 Å². The first-order valence-corrected chi connectivity index (χ1v) is 8.69. The number of hydrogen-bond acceptors (Lipinski definition) is 4. The predicted molar refractivity (Wildman–Crippen MR) is 105 cm³/mol. The SMILES string of the molecule is Nc1cc(Cl)ccc1C(=O)OC(C(=O)Nc1ccc(F)cc1)c1ccccc1. The number of rotatable bonds is 5. The lowest BCUT2D eigenvalue weighted by molar-refractivity contribution is -0.125. The molecule has 5 nitrogen and oxygen atoms in total. The Balaban J connectivity index is 1.85. The van der Waals surface area contributed by atoms with E-state index in [1.807, 2.05) is 0 Å². The Hall–Kier alpha value is -3.38. The van der Waals surface area contributed by atoms with Gasteiger partial charge in [-0.15, -0.1) is 0 Å². The molecule has 3 aromatic rings. The summed E-state index contributed by atoms with van der Waals surface area (Å²) < 4.78 is 18.5. The summed E-state index contributed by atoms with van der Waals surface area (Å²) in [6, 6.07) is 18.1. The maximum Gasteiger partial charge on any atom is 0.341 e. The van der Waals surface area contributed by atoms with Gasteiger partial charge in [0.25, 0.3) is 5.91 Å². The molecule has 7 heteroatoms. The molecule has 1 unspecified atom stereocenters. The molecule has 0 bridgehead atoms. The van der Waals surface area contributed by atoms with Gasteiger partial charge in [-0.05, 0) is 42.5 Å². The van der Waals surface area contributed by atoms with Gasteiger partial charge in [-0.25, -0.2) is 9.18 Å². The van der Waals surface area contributed by atoms with Gasteiger partial charge in [0.2, 0.25) is 6.10 Å². The minimum Gasteiger partial charge on any atom is -0.444 e. The van der Waals surface area contributed by atoms with Crippen molar-refractivity contribution in [1.82, 2.24) is 0 Å². The van der Waals surface area contributed by atoms with E-state index in [1.165, 1.54) is 42.5 Å². The van der Waals surface area contributed by atoms with Crippen LogP contribution in [0.2, 0.25) is 5.02 Å². The maximum atomic E-state index is 13.1. The van der Waals surface area contributed by atoms with Crippen LogP contribution >= 0.6 is 11.6 Å². The van der Waals surface area contributed by atoms with Crippen molar-refractivity contribution < 1.29 is 18.7 Å². The molecule has 142 valence electrons. The van der Waals surface area contributed by atoms with E-state index in [0.717, 1.165) is 0 Å². The Labute approximate surface area is 165 Å². The fraction of sp³-hybridized carbons (Fsp3) is 0.0476. The Morgan fingerprint density at radius 3 is 2.32 bits per heavy atom. The molecule has 3 rings (SSSR count). The molecule has 0 aromatic heterocycles. The van der Waals surface area contributed by atoms with E-state index >= 15 is 0 Å². The number of hydrogen-bond donors (Lipinski definition) is 2. The number of halogens is 2. The summed E-state index contributed by atoms with van der Waals surface area (Å²) in [6.07, 6.45) is -1.23. The van der Waals surface area contributed by atoms with E-state index in [0.29, 0.717) is 16.3 Å². The third kappa shape index (κ3) is 4.66. The van der Waals surface area contributed by atoms with Crippen molar-refractivity contribution in [1.29, 1.82) is 0 Å². The number of nitrogens with one attached hydrogen (secondary N) is 1. The molecular weight excluding hydrogens is 383 g/mol. The summed E-state index contributed by atoms with van der Waals surface area (Å²) in [4.78, 5) is 25.4. The van der Waals surface area contributed by atoms with E-state index in [1.54, 1.807) is 30.3 Å². The highest BCUT2D eigenvalue weighted by molar-refractivity contribution is 6.31. The molecule has 0 radical (unpaired) electrons. The molecule has 0 aliphatic carbocycles. The van der Waals surface area contributed by atoms with E-state index in [-0.39, 0.29) is 11.3 Å². The first-order valence-electron chi connectivity index (χ1n) is 8.31. The van der Waals surface area contributed by atoms with E-state index in [4.69, 9.17) is 22.1 Å². The smallest absolute Gasteiger partial charge is 0.341 e. The van der Waals surface area contributed by atoms with Gasteiger partial charge in [0.05, 0.1) is 5.56 Å². The standard InChI is InChI=1S/C21H16ClFN2O3/c22-14-6-11-17(18(24)12-14)21(27)28-19(13-4-2-1-3-5-13)20(26)25-16-9-7-15(23)8-10-16/h1-12,19H,24H2,(H,25,26). The molecule has 0 saturated heterocycles. The molecule has 1 atom stereocenters. The van der Waals surface area contributed by atoms with Crippen LogP contribution in [0.4, 0.5) is 15.8 Å². The van der Waals surface area contributed by atoms with Crippen LogP contribution in [0.5, 0.6) is 0 Å². The summed E-state index contributed by atoms with van der Waals surface area (Å²) in [5, 5.41) is 2.99. The van der Waals surface area contributed by atoms with Crippen LogP contribution in [0.3, 0.4) is 0 Å². The highest BCUT2D eigenvalue weighted by atomic mass is 35.5. The van der Waals surface area contributed by atoms with Crippen molar-refractivity contribution in [3.05, 3.63) is 94.8 Å². The molecule has 0 fully saturated rings. The third-order valence-corrected chi connectivity index (χ3v) is 4.15. The normalized spacial score (nSPS) is 11.5. The zero-order chi connectivity index (χ0) is 20.1. The van der Waals surface area contributed by atoms with E-state index < -0.39 is 23.8 Å². The number of anilines is 2. The van der Waals surface area contributed by atoms with Crippen LogP contribution in [-0.4, -0.2) is 11.9 Å². The van der Waals surface area contributed by atoms with Crippen LogP contribution in [-0.2, 0) is 9.53 Å².